The van der Waals surface area contributed by atoms with E-state index in [0.717, 1.165) is 9.88 Å². The molecular weight excluding hydrogens is 242 g/mol. The minimum absolute atomic E-state index is 0.121. The fraction of sp³-hybridized carbons (Fsp3) is 0.222. The smallest absolute Gasteiger partial charge is 0.305 e. The van der Waals surface area contributed by atoms with Gasteiger partial charge in [0, 0.05) is 11.1 Å². The average Bonchev–Trinajstić information content (AvgIpc) is 2.73. The Morgan fingerprint density at radius 3 is 2.59 bits per heavy atom. The van der Waals surface area contributed by atoms with Gasteiger partial charge in [0.25, 0.3) is 0 Å². The van der Waals surface area contributed by atoms with Gasteiger partial charge in [-0.25, -0.2) is 15.0 Å². The number of anilines is 1. The fourth-order valence-corrected chi connectivity index (χ4v) is 1.89. The zero-order chi connectivity index (χ0) is 12.3. The molecule has 88 valence electrons. The summed E-state index contributed by atoms with van der Waals surface area (Å²) in [7, 11) is 0. The monoisotopic (exact) mass is 251 g/mol. The molecule has 0 atom stereocenters. The lowest BCUT2D eigenvalue weighted by Gasteiger charge is -2.00. The van der Waals surface area contributed by atoms with Crippen LogP contribution in [0, 0.1) is 17.0 Å². The van der Waals surface area contributed by atoms with Crippen LogP contribution in [-0.2, 0) is 6.54 Å². The van der Waals surface area contributed by atoms with Crippen molar-refractivity contribution in [2.45, 2.75) is 13.5 Å². The minimum Gasteiger partial charge on any atom is -0.349 e. The van der Waals surface area contributed by atoms with E-state index in [1.54, 1.807) is 17.5 Å². The number of aryl methyl sites for hydroxylation is 1. The van der Waals surface area contributed by atoms with Crippen molar-refractivity contribution in [1.29, 1.82) is 0 Å². The number of aromatic nitrogens is 3. The Balaban J connectivity index is 1.97. The van der Waals surface area contributed by atoms with Gasteiger partial charge < -0.3 is 5.32 Å². The lowest BCUT2D eigenvalue weighted by molar-refractivity contribution is -0.385. The Morgan fingerprint density at radius 1 is 1.35 bits per heavy atom. The third-order valence-corrected chi connectivity index (χ3v) is 2.85. The van der Waals surface area contributed by atoms with Gasteiger partial charge in [-0.05, 0) is 6.92 Å². The van der Waals surface area contributed by atoms with E-state index in [1.165, 1.54) is 12.4 Å². The van der Waals surface area contributed by atoms with Crippen LogP contribution in [0.5, 0.6) is 0 Å². The van der Waals surface area contributed by atoms with Crippen LogP contribution in [0.25, 0.3) is 0 Å². The van der Waals surface area contributed by atoms with Gasteiger partial charge in [0.1, 0.15) is 12.4 Å². The van der Waals surface area contributed by atoms with Crippen LogP contribution < -0.4 is 5.32 Å². The van der Waals surface area contributed by atoms with E-state index in [-0.39, 0.29) is 5.69 Å². The van der Waals surface area contributed by atoms with Crippen LogP contribution in [0.2, 0.25) is 0 Å². The van der Waals surface area contributed by atoms with Gasteiger partial charge in [0.05, 0.1) is 16.5 Å². The summed E-state index contributed by atoms with van der Waals surface area (Å²) in [5, 5.41) is 14.4. The van der Waals surface area contributed by atoms with Crippen molar-refractivity contribution in [1.82, 2.24) is 15.0 Å². The predicted molar refractivity (Wildman–Crippen MR) is 62.9 cm³/mol. The van der Waals surface area contributed by atoms with Crippen LogP contribution in [-0.4, -0.2) is 19.9 Å². The van der Waals surface area contributed by atoms with Gasteiger partial charge in [-0.15, -0.1) is 11.3 Å². The average molecular weight is 251 g/mol. The van der Waals surface area contributed by atoms with Crippen LogP contribution in [0.3, 0.4) is 0 Å². The summed E-state index contributed by atoms with van der Waals surface area (Å²) in [6.45, 7) is 2.49. The van der Waals surface area contributed by atoms with Gasteiger partial charge in [0.2, 0.25) is 5.95 Å². The number of nitrogens with one attached hydrogen (secondary N) is 1. The third-order valence-electron chi connectivity index (χ3n) is 1.94. The lowest BCUT2D eigenvalue weighted by atomic mass is 10.5. The molecule has 7 nitrogen and oxygen atoms in total. The minimum atomic E-state index is -0.531. The Hall–Kier alpha value is -2.09. The molecule has 0 aliphatic rings. The standard InChI is InChI=1S/C9H9N5O2S/c1-6-10-4-8(17-6)5-13-9-11-2-7(3-12-9)14(15)16/h2-4H,5H2,1H3,(H,11,12,13). The molecule has 0 saturated carbocycles. The first-order valence-corrected chi connectivity index (χ1v) is 5.58. The molecule has 2 aromatic heterocycles. The molecule has 0 aromatic carbocycles. The first kappa shape index (κ1) is 11.4. The van der Waals surface area contributed by atoms with Crippen molar-refractivity contribution in [2.24, 2.45) is 0 Å². The molecule has 8 heteroatoms. The van der Waals surface area contributed by atoms with Gasteiger partial charge in [-0.3, -0.25) is 10.1 Å². The normalized spacial score (nSPS) is 10.2. The van der Waals surface area contributed by atoms with Crippen LogP contribution in [0.15, 0.2) is 18.6 Å². The molecule has 1 N–H and O–H groups in total. The Morgan fingerprint density at radius 2 is 2.06 bits per heavy atom. The molecule has 2 aromatic rings. The summed E-state index contributed by atoms with van der Waals surface area (Å²) in [5.74, 6) is 0.363. The van der Waals surface area contributed by atoms with Gasteiger partial charge in [-0.1, -0.05) is 0 Å². The SMILES string of the molecule is Cc1ncc(CNc2ncc([N+](=O)[O-])cn2)s1. The highest BCUT2D eigenvalue weighted by atomic mass is 32.1. The highest BCUT2D eigenvalue weighted by Crippen LogP contribution is 2.13. The van der Waals surface area contributed by atoms with E-state index in [2.05, 4.69) is 20.3 Å². The van der Waals surface area contributed by atoms with E-state index >= 15 is 0 Å². The third kappa shape index (κ3) is 2.94. The maximum Gasteiger partial charge on any atom is 0.305 e. The molecular formula is C9H9N5O2S. The topological polar surface area (TPSA) is 93.8 Å². The molecule has 17 heavy (non-hydrogen) atoms. The van der Waals surface area contributed by atoms with E-state index in [1.807, 2.05) is 6.92 Å². The van der Waals surface area contributed by atoms with E-state index in [0.29, 0.717) is 12.5 Å². The molecule has 0 fully saturated rings. The molecule has 0 radical (unpaired) electrons. The van der Waals surface area contributed by atoms with Crippen molar-refractivity contribution in [2.75, 3.05) is 5.32 Å². The number of nitrogens with zero attached hydrogens (tertiary/aromatic N) is 4. The first-order chi connectivity index (χ1) is 8.15. The van der Waals surface area contributed by atoms with Crippen molar-refractivity contribution in [3.63, 3.8) is 0 Å². The lowest BCUT2D eigenvalue weighted by Crippen LogP contribution is -2.02. The van der Waals surface area contributed by atoms with Crippen LogP contribution in [0.4, 0.5) is 11.6 Å². The summed E-state index contributed by atoms with van der Waals surface area (Å²) >= 11 is 1.58. The largest absolute Gasteiger partial charge is 0.349 e. The number of hydrogen-bond acceptors (Lipinski definition) is 7. The highest BCUT2D eigenvalue weighted by Gasteiger charge is 2.06. The zero-order valence-electron chi connectivity index (χ0n) is 8.95. The molecule has 0 amide bonds. The highest BCUT2D eigenvalue weighted by molar-refractivity contribution is 7.11. The fourth-order valence-electron chi connectivity index (χ4n) is 1.16. The molecule has 0 spiro atoms. The molecule has 0 bridgehead atoms. The molecule has 0 aliphatic carbocycles. The molecule has 2 heterocycles. The number of thiazole rings is 1. The summed E-state index contributed by atoms with van der Waals surface area (Å²) in [6, 6.07) is 0. The Labute approximate surface area is 101 Å². The molecule has 0 saturated heterocycles. The van der Waals surface area contributed by atoms with Gasteiger partial charge >= 0.3 is 5.69 Å². The van der Waals surface area contributed by atoms with Crippen molar-refractivity contribution in [3.8, 4) is 0 Å². The first-order valence-electron chi connectivity index (χ1n) is 4.77. The Kier molecular flexibility index (Phi) is 3.24. The quantitative estimate of drug-likeness (QED) is 0.657. The van der Waals surface area contributed by atoms with E-state index in [4.69, 9.17) is 0 Å². The Bertz CT molecular complexity index is 524. The molecule has 0 aliphatic heterocycles. The van der Waals surface area contributed by atoms with Gasteiger partial charge in [0.15, 0.2) is 0 Å². The van der Waals surface area contributed by atoms with E-state index < -0.39 is 4.92 Å². The van der Waals surface area contributed by atoms with Crippen molar-refractivity contribution < 1.29 is 4.92 Å². The summed E-state index contributed by atoms with van der Waals surface area (Å²) in [4.78, 5) is 22.7. The van der Waals surface area contributed by atoms with Crippen molar-refractivity contribution >= 4 is 23.0 Å². The zero-order valence-corrected chi connectivity index (χ0v) is 9.77. The maximum absolute atomic E-state index is 10.4. The second-order valence-electron chi connectivity index (χ2n) is 3.22. The molecule has 0 unspecified atom stereocenters. The van der Waals surface area contributed by atoms with Crippen molar-refractivity contribution in [3.05, 3.63) is 38.6 Å². The molecule has 2 rings (SSSR count). The number of nitro groups is 1. The second kappa shape index (κ2) is 4.83. The predicted octanol–water partition coefficient (Wildman–Crippen LogP) is 1.76. The number of hydrogen-bond donors (Lipinski definition) is 1. The summed E-state index contributed by atoms with van der Waals surface area (Å²) < 4.78 is 0. The second-order valence-corrected chi connectivity index (χ2v) is 4.54. The summed E-state index contributed by atoms with van der Waals surface area (Å²) in [6.07, 6.45) is 4.12. The van der Waals surface area contributed by atoms with Gasteiger partial charge in [-0.2, -0.15) is 0 Å². The summed E-state index contributed by atoms with van der Waals surface area (Å²) in [5.41, 5.74) is -0.121. The van der Waals surface area contributed by atoms with Crippen LogP contribution in [0.1, 0.15) is 9.88 Å². The number of rotatable bonds is 4. The van der Waals surface area contributed by atoms with Crippen LogP contribution >= 0.6 is 11.3 Å². The van der Waals surface area contributed by atoms with E-state index in [9.17, 15) is 10.1 Å². The maximum atomic E-state index is 10.4.